The predicted molar refractivity (Wildman–Crippen MR) is 118 cm³/mol. The van der Waals surface area contributed by atoms with Gasteiger partial charge in [0.25, 0.3) is 0 Å². The average molecular weight is 410 g/mol. The summed E-state index contributed by atoms with van der Waals surface area (Å²) in [4.78, 5) is 14.8. The highest BCUT2D eigenvalue weighted by Gasteiger charge is 2.22. The summed E-state index contributed by atoms with van der Waals surface area (Å²) in [6.45, 7) is 0.955. The van der Waals surface area contributed by atoms with E-state index in [4.69, 9.17) is 0 Å². The number of anilines is 3. The molecule has 0 atom stereocenters. The van der Waals surface area contributed by atoms with Crippen LogP contribution in [0.25, 0.3) is 10.8 Å². The average Bonchev–Trinajstić information content (AvgIpc) is 2.68. The van der Waals surface area contributed by atoms with Crippen molar-refractivity contribution in [3.05, 3.63) is 66.2 Å². The van der Waals surface area contributed by atoms with Crippen LogP contribution in [-0.4, -0.2) is 33.7 Å². The normalized spacial score (nSPS) is 13.8. The topological polar surface area (TPSA) is 78.5 Å². The van der Waals surface area contributed by atoms with E-state index in [9.17, 15) is 13.2 Å². The van der Waals surface area contributed by atoms with E-state index in [0.29, 0.717) is 5.69 Å². The molecule has 2 N–H and O–H groups in total. The van der Waals surface area contributed by atoms with Crippen LogP contribution in [0.4, 0.5) is 17.1 Å². The third kappa shape index (κ3) is 4.35. The Labute approximate surface area is 170 Å². The van der Waals surface area contributed by atoms with Gasteiger partial charge in [-0.1, -0.05) is 42.5 Å². The van der Waals surface area contributed by atoms with Crippen LogP contribution in [0.3, 0.4) is 0 Å². The number of nitrogens with one attached hydrogen (secondary N) is 2. The third-order valence-electron chi connectivity index (χ3n) is 5.04. The summed E-state index contributed by atoms with van der Waals surface area (Å²) in [5.74, 6) is -0.101. The molecule has 3 aromatic rings. The van der Waals surface area contributed by atoms with Crippen LogP contribution in [0.2, 0.25) is 0 Å². The van der Waals surface area contributed by atoms with E-state index in [1.807, 2.05) is 59.5 Å². The highest BCUT2D eigenvalue weighted by Crippen LogP contribution is 2.33. The first-order valence-electron chi connectivity index (χ1n) is 9.53. The molecule has 4 rings (SSSR count). The lowest BCUT2D eigenvalue weighted by Gasteiger charge is -2.32. The summed E-state index contributed by atoms with van der Waals surface area (Å²) in [5, 5.41) is 5.10. The minimum atomic E-state index is -3.36. The van der Waals surface area contributed by atoms with E-state index in [2.05, 4.69) is 10.0 Å². The fourth-order valence-corrected chi connectivity index (χ4v) is 4.45. The second-order valence-corrected chi connectivity index (χ2v) is 9.03. The Bertz CT molecular complexity index is 1170. The summed E-state index contributed by atoms with van der Waals surface area (Å²) in [6, 6.07) is 19.3. The van der Waals surface area contributed by atoms with E-state index < -0.39 is 10.0 Å². The molecule has 1 aliphatic rings. The highest BCUT2D eigenvalue weighted by atomic mass is 32.2. The van der Waals surface area contributed by atoms with E-state index in [1.165, 1.54) is 0 Å². The Hall–Kier alpha value is -3.06. The van der Waals surface area contributed by atoms with Crippen molar-refractivity contribution < 1.29 is 13.2 Å². The molecule has 3 aromatic carbocycles. The maximum atomic E-state index is 12.8. The monoisotopic (exact) mass is 409 g/mol. The number of amides is 1. The Morgan fingerprint density at radius 2 is 1.72 bits per heavy atom. The van der Waals surface area contributed by atoms with Gasteiger partial charge in [-0.25, -0.2) is 8.42 Å². The van der Waals surface area contributed by atoms with Gasteiger partial charge in [-0.2, -0.15) is 0 Å². The lowest BCUT2D eigenvalue weighted by molar-refractivity contribution is -0.115. The first-order valence-corrected chi connectivity index (χ1v) is 11.4. The first-order chi connectivity index (χ1) is 13.9. The van der Waals surface area contributed by atoms with Crippen molar-refractivity contribution in [1.82, 2.24) is 0 Å². The quantitative estimate of drug-likeness (QED) is 0.675. The standard InChI is InChI=1S/C22H23N3O3S/c1-29(27,28)24-20-12-5-13-21-18(20)10-6-14-25(21)15-22(26)23-19-11-4-8-16-7-2-3-9-17(16)19/h2-5,7-9,11-13,24H,6,10,14-15H2,1H3,(H,23,26). The van der Waals surface area contributed by atoms with Crippen LogP contribution in [0.5, 0.6) is 0 Å². The Morgan fingerprint density at radius 3 is 2.55 bits per heavy atom. The zero-order valence-electron chi connectivity index (χ0n) is 16.2. The molecule has 6 nitrogen and oxygen atoms in total. The number of hydrogen-bond acceptors (Lipinski definition) is 4. The van der Waals surface area contributed by atoms with Gasteiger partial charge in [-0.15, -0.1) is 0 Å². The molecule has 1 amide bonds. The van der Waals surface area contributed by atoms with Crippen LogP contribution in [0.15, 0.2) is 60.7 Å². The van der Waals surface area contributed by atoms with Crippen LogP contribution < -0.4 is 14.9 Å². The zero-order valence-corrected chi connectivity index (χ0v) is 17.0. The Kier molecular flexibility index (Phi) is 5.15. The molecule has 29 heavy (non-hydrogen) atoms. The molecule has 0 saturated carbocycles. The van der Waals surface area contributed by atoms with Gasteiger partial charge in [0.2, 0.25) is 15.9 Å². The van der Waals surface area contributed by atoms with Gasteiger partial charge in [-0.3, -0.25) is 9.52 Å². The number of carbonyl (C=O) groups is 1. The van der Waals surface area contributed by atoms with Crippen molar-refractivity contribution in [3.8, 4) is 0 Å². The molecule has 0 aromatic heterocycles. The summed E-state index contributed by atoms with van der Waals surface area (Å²) >= 11 is 0. The first kappa shape index (κ1) is 19.3. The van der Waals surface area contributed by atoms with Crippen molar-refractivity contribution >= 4 is 43.8 Å². The lowest BCUT2D eigenvalue weighted by atomic mass is 10.00. The molecule has 7 heteroatoms. The Morgan fingerprint density at radius 1 is 1.00 bits per heavy atom. The third-order valence-corrected chi connectivity index (χ3v) is 5.63. The van der Waals surface area contributed by atoms with E-state index >= 15 is 0 Å². The summed E-state index contributed by atoms with van der Waals surface area (Å²) in [6.07, 6.45) is 2.77. The van der Waals surface area contributed by atoms with Crippen LogP contribution >= 0.6 is 0 Å². The molecule has 1 heterocycles. The molecule has 0 fully saturated rings. The molecule has 0 aliphatic carbocycles. The SMILES string of the molecule is CS(=O)(=O)Nc1cccc2c1CCCN2CC(=O)Nc1cccc2ccccc12. The van der Waals surface area contributed by atoms with Crippen LogP contribution in [0, 0.1) is 0 Å². The molecule has 0 spiro atoms. The van der Waals surface area contributed by atoms with Crippen molar-refractivity contribution in [3.63, 3.8) is 0 Å². The summed E-state index contributed by atoms with van der Waals surface area (Å²) in [7, 11) is -3.36. The predicted octanol–water partition coefficient (Wildman–Crippen LogP) is 3.60. The van der Waals surface area contributed by atoms with Gasteiger partial charge in [0.05, 0.1) is 18.5 Å². The molecular weight excluding hydrogens is 386 g/mol. The number of fused-ring (bicyclic) bond motifs is 2. The van der Waals surface area contributed by atoms with Gasteiger partial charge in [0.1, 0.15) is 0 Å². The molecular formula is C22H23N3O3S. The smallest absolute Gasteiger partial charge is 0.243 e. The molecule has 0 bridgehead atoms. The van der Waals surface area contributed by atoms with E-state index in [0.717, 1.165) is 53.4 Å². The van der Waals surface area contributed by atoms with Crippen molar-refractivity contribution in [2.24, 2.45) is 0 Å². The number of benzene rings is 3. The number of carbonyl (C=O) groups excluding carboxylic acids is 1. The van der Waals surface area contributed by atoms with E-state index in [-0.39, 0.29) is 12.5 Å². The van der Waals surface area contributed by atoms with Crippen molar-refractivity contribution in [1.29, 1.82) is 0 Å². The largest absolute Gasteiger partial charge is 0.362 e. The maximum Gasteiger partial charge on any atom is 0.243 e. The van der Waals surface area contributed by atoms with Gasteiger partial charge < -0.3 is 10.2 Å². The van der Waals surface area contributed by atoms with Gasteiger partial charge >= 0.3 is 0 Å². The zero-order chi connectivity index (χ0) is 20.4. The van der Waals surface area contributed by atoms with Gasteiger partial charge in [0.15, 0.2) is 0 Å². The molecule has 150 valence electrons. The second kappa shape index (κ2) is 7.75. The van der Waals surface area contributed by atoms with Crippen LogP contribution in [-0.2, 0) is 21.2 Å². The highest BCUT2D eigenvalue weighted by molar-refractivity contribution is 7.92. The van der Waals surface area contributed by atoms with Crippen molar-refractivity contribution in [2.75, 3.05) is 34.3 Å². The van der Waals surface area contributed by atoms with Gasteiger partial charge in [0, 0.05) is 23.3 Å². The summed E-state index contributed by atoms with van der Waals surface area (Å²) in [5.41, 5.74) is 3.21. The summed E-state index contributed by atoms with van der Waals surface area (Å²) < 4.78 is 25.9. The molecule has 0 saturated heterocycles. The number of sulfonamides is 1. The molecule has 0 unspecified atom stereocenters. The minimum absolute atomic E-state index is 0.101. The number of rotatable bonds is 5. The second-order valence-electron chi connectivity index (χ2n) is 7.28. The molecule has 0 radical (unpaired) electrons. The van der Waals surface area contributed by atoms with Crippen LogP contribution in [0.1, 0.15) is 12.0 Å². The van der Waals surface area contributed by atoms with Gasteiger partial charge in [-0.05, 0) is 42.0 Å². The minimum Gasteiger partial charge on any atom is -0.362 e. The fourth-order valence-electron chi connectivity index (χ4n) is 3.86. The Balaban J connectivity index is 1.55. The molecule has 1 aliphatic heterocycles. The van der Waals surface area contributed by atoms with E-state index in [1.54, 1.807) is 6.07 Å². The number of hydrogen-bond donors (Lipinski definition) is 2. The number of nitrogens with zero attached hydrogens (tertiary/aromatic N) is 1. The van der Waals surface area contributed by atoms with Crippen molar-refractivity contribution in [2.45, 2.75) is 12.8 Å². The maximum absolute atomic E-state index is 12.8. The lowest BCUT2D eigenvalue weighted by Crippen LogP contribution is -2.37. The fraction of sp³-hybridized carbons (Fsp3) is 0.227.